The van der Waals surface area contributed by atoms with E-state index in [1.807, 2.05) is 6.07 Å². The molecule has 0 radical (unpaired) electrons. The first-order valence-electron chi connectivity index (χ1n) is 7.30. The maximum Gasteiger partial charge on any atom is 0.0931 e. The average molecular weight is 310 g/mol. The van der Waals surface area contributed by atoms with Crippen molar-refractivity contribution in [2.75, 3.05) is 13.1 Å². The van der Waals surface area contributed by atoms with Crippen molar-refractivity contribution in [2.24, 2.45) is 0 Å². The van der Waals surface area contributed by atoms with Gasteiger partial charge in [-0.3, -0.25) is 5.10 Å². The number of aromatic amines is 1. The molecule has 108 valence electrons. The van der Waals surface area contributed by atoms with E-state index >= 15 is 0 Å². The summed E-state index contributed by atoms with van der Waals surface area (Å²) >= 11 is 7.62. The van der Waals surface area contributed by atoms with Crippen LogP contribution >= 0.6 is 22.9 Å². The number of hydrogen-bond donors (Lipinski definition) is 2. The second-order valence-corrected chi connectivity index (χ2v) is 7.20. The fourth-order valence-electron chi connectivity index (χ4n) is 2.78. The van der Waals surface area contributed by atoms with Gasteiger partial charge in [0.25, 0.3) is 0 Å². The van der Waals surface area contributed by atoms with Crippen LogP contribution in [0.1, 0.15) is 41.4 Å². The molecule has 1 aliphatic heterocycles. The summed E-state index contributed by atoms with van der Waals surface area (Å²) < 4.78 is 0.872. The predicted molar refractivity (Wildman–Crippen MR) is 84.8 cm³/mol. The normalized spacial score (nSPS) is 19.9. The molecule has 5 heteroatoms. The Morgan fingerprint density at radius 2 is 2.20 bits per heavy atom. The second kappa shape index (κ2) is 6.74. The summed E-state index contributed by atoms with van der Waals surface area (Å²) in [4.78, 5) is 1.34. The molecule has 0 bridgehead atoms. The number of hydrogen-bond acceptors (Lipinski definition) is 3. The molecule has 2 aromatic rings. The molecule has 2 aromatic heterocycles. The van der Waals surface area contributed by atoms with E-state index in [0.29, 0.717) is 5.92 Å². The lowest BCUT2D eigenvalue weighted by molar-refractivity contribution is 0.592. The first kappa shape index (κ1) is 14.1. The van der Waals surface area contributed by atoms with E-state index in [1.165, 1.54) is 35.5 Å². The maximum absolute atomic E-state index is 5.96. The SMILES string of the molecule is Clc1ccc(CCc2cc(C3CCCNCC3)n[nH]2)s1. The van der Waals surface area contributed by atoms with Crippen molar-refractivity contribution in [1.29, 1.82) is 0 Å². The van der Waals surface area contributed by atoms with Crippen LogP contribution < -0.4 is 5.32 Å². The minimum atomic E-state index is 0.617. The molecule has 20 heavy (non-hydrogen) atoms. The number of halogens is 1. The van der Waals surface area contributed by atoms with Crippen molar-refractivity contribution < 1.29 is 0 Å². The third-order valence-corrected chi connectivity index (χ3v) is 5.21. The first-order chi connectivity index (χ1) is 9.81. The number of nitrogens with one attached hydrogen (secondary N) is 2. The summed E-state index contributed by atoms with van der Waals surface area (Å²) in [6.45, 7) is 2.26. The lowest BCUT2D eigenvalue weighted by Gasteiger charge is -2.09. The molecule has 0 aliphatic carbocycles. The number of rotatable bonds is 4. The zero-order chi connectivity index (χ0) is 13.8. The molecule has 1 saturated heterocycles. The van der Waals surface area contributed by atoms with Gasteiger partial charge in [-0.1, -0.05) is 11.6 Å². The van der Waals surface area contributed by atoms with Crippen molar-refractivity contribution in [3.63, 3.8) is 0 Å². The van der Waals surface area contributed by atoms with E-state index in [4.69, 9.17) is 11.6 Å². The van der Waals surface area contributed by atoms with Gasteiger partial charge in [0.2, 0.25) is 0 Å². The Morgan fingerprint density at radius 1 is 1.25 bits per heavy atom. The van der Waals surface area contributed by atoms with Crippen molar-refractivity contribution in [2.45, 2.75) is 38.0 Å². The Kier molecular flexibility index (Phi) is 4.76. The number of aromatic nitrogens is 2. The lowest BCUT2D eigenvalue weighted by atomic mass is 9.96. The van der Waals surface area contributed by atoms with Crippen molar-refractivity contribution in [3.05, 3.63) is 38.8 Å². The third kappa shape index (κ3) is 3.62. The molecule has 1 aliphatic rings. The zero-order valence-electron chi connectivity index (χ0n) is 11.5. The molecule has 0 saturated carbocycles. The Bertz CT molecular complexity index is 541. The van der Waals surface area contributed by atoms with E-state index < -0.39 is 0 Å². The van der Waals surface area contributed by atoms with Crippen LogP contribution in [-0.2, 0) is 12.8 Å². The molecule has 1 unspecified atom stereocenters. The van der Waals surface area contributed by atoms with E-state index in [-0.39, 0.29) is 0 Å². The summed E-state index contributed by atoms with van der Waals surface area (Å²) in [5.74, 6) is 0.617. The smallest absolute Gasteiger partial charge is 0.0931 e. The monoisotopic (exact) mass is 309 g/mol. The van der Waals surface area contributed by atoms with Gasteiger partial charge in [0.1, 0.15) is 0 Å². The molecule has 0 amide bonds. The Labute approximate surface area is 128 Å². The Hall–Kier alpha value is -0.840. The van der Waals surface area contributed by atoms with Crippen LogP contribution in [0.2, 0.25) is 4.34 Å². The highest BCUT2D eigenvalue weighted by atomic mass is 35.5. The van der Waals surface area contributed by atoms with Crippen molar-refractivity contribution in [1.82, 2.24) is 15.5 Å². The fourth-order valence-corrected chi connectivity index (χ4v) is 3.86. The van der Waals surface area contributed by atoms with Gasteiger partial charge >= 0.3 is 0 Å². The Balaban J connectivity index is 1.58. The molecule has 1 fully saturated rings. The second-order valence-electron chi connectivity index (χ2n) is 5.40. The van der Waals surface area contributed by atoms with Gasteiger partial charge in [-0.25, -0.2) is 0 Å². The van der Waals surface area contributed by atoms with Gasteiger partial charge in [0.15, 0.2) is 0 Å². The van der Waals surface area contributed by atoms with Crippen LogP contribution in [0, 0.1) is 0 Å². The van der Waals surface area contributed by atoms with Crippen molar-refractivity contribution in [3.8, 4) is 0 Å². The van der Waals surface area contributed by atoms with Crippen LogP contribution in [0.4, 0.5) is 0 Å². The minimum absolute atomic E-state index is 0.617. The van der Waals surface area contributed by atoms with Crippen LogP contribution in [0.5, 0.6) is 0 Å². The highest BCUT2D eigenvalue weighted by molar-refractivity contribution is 7.16. The van der Waals surface area contributed by atoms with Crippen LogP contribution in [0.15, 0.2) is 18.2 Å². The van der Waals surface area contributed by atoms with Gasteiger partial charge in [0, 0.05) is 16.5 Å². The summed E-state index contributed by atoms with van der Waals surface area (Å²) in [7, 11) is 0. The number of nitrogens with zero attached hydrogens (tertiary/aromatic N) is 1. The quantitative estimate of drug-likeness (QED) is 0.902. The maximum atomic E-state index is 5.96. The summed E-state index contributed by atoms with van der Waals surface area (Å²) in [5.41, 5.74) is 2.48. The largest absolute Gasteiger partial charge is 0.317 e. The molecule has 3 nitrogen and oxygen atoms in total. The molecule has 0 spiro atoms. The highest BCUT2D eigenvalue weighted by Crippen LogP contribution is 2.26. The predicted octanol–water partition coefficient (Wildman–Crippen LogP) is 3.77. The van der Waals surface area contributed by atoms with Gasteiger partial charge in [-0.2, -0.15) is 5.10 Å². The van der Waals surface area contributed by atoms with Gasteiger partial charge in [-0.05, 0) is 63.4 Å². The Morgan fingerprint density at radius 3 is 3.05 bits per heavy atom. The summed E-state index contributed by atoms with van der Waals surface area (Å²) in [5, 5.41) is 11.2. The molecular weight excluding hydrogens is 290 g/mol. The molecule has 3 heterocycles. The molecule has 0 aromatic carbocycles. The minimum Gasteiger partial charge on any atom is -0.317 e. The molecule has 2 N–H and O–H groups in total. The zero-order valence-corrected chi connectivity index (χ0v) is 13.1. The molecule has 3 rings (SSSR count). The highest BCUT2D eigenvalue weighted by Gasteiger charge is 2.16. The van der Waals surface area contributed by atoms with Gasteiger partial charge in [-0.15, -0.1) is 11.3 Å². The van der Waals surface area contributed by atoms with Crippen LogP contribution in [-0.4, -0.2) is 23.3 Å². The molecular formula is C15H20ClN3S. The van der Waals surface area contributed by atoms with Gasteiger partial charge < -0.3 is 5.32 Å². The van der Waals surface area contributed by atoms with E-state index in [1.54, 1.807) is 11.3 Å². The first-order valence-corrected chi connectivity index (χ1v) is 8.50. The lowest BCUT2D eigenvalue weighted by Crippen LogP contribution is -2.13. The number of aryl methyl sites for hydroxylation is 2. The van der Waals surface area contributed by atoms with Crippen LogP contribution in [0.25, 0.3) is 0 Å². The van der Waals surface area contributed by atoms with E-state index in [2.05, 4.69) is 27.6 Å². The standard InChI is InChI=1S/C15H20ClN3S/c16-15-6-5-13(20-15)4-3-12-10-14(19-18-12)11-2-1-8-17-9-7-11/h5-6,10-11,17H,1-4,7-9H2,(H,18,19). The summed E-state index contributed by atoms with van der Waals surface area (Å²) in [6, 6.07) is 6.34. The number of thiophene rings is 1. The van der Waals surface area contributed by atoms with E-state index in [9.17, 15) is 0 Å². The fraction of sp³-hybridized carbons (Fsp3) is 0.533. The summed E-state index contributed by atoms with van der Waals surface area (Å²) in [6.07, 6.45) is 5.74. The topological polar surface area (TPSA) is 40.7 Å². The van der Waals surface area contributed by atoms with Crippen molar-refractivity contribution >= 4 is 22.9 Å². The number of H-pyrrole nitrogens is 1. The average Bonchev–Trinajstić information content (AvgIpc) is 2.99. The molecule has 1 atom stereocenters. The van der Waals surface area contributed by atoms with Gasteiger partial charge in [0.05, 0.1) is 10.0 Å². The van der Waals surface area contributed by atoms with E-state index in [0.717, 1.165) is 30.3 Å². The van der Waals surface area contributed by atoms with Crippen LogP contribution in [0.3, 0.4) is 0 Å². The third-order valence-electron chi connectivity index (χ3n) is 3.91.